The quantitative estimate of drug-likeness (QED) is 0.225. The number of hydrogen-bond acceptors (Lipinski definition) is 6. The van der Waals surface area contributed by atoms with Gasteiger partial charge in [-0.3, -0.25) is 19.4 Å². The predicted octanol–water partition coefficient (Wildman–Crippen LogP) is 5.20. The first kappa shape index (κ1) is 31.2. The highest BCUT2D eigenvalue weighted by Crippen LogP contribution is 2.31. The molecule has 1 fully saturated rings. The van der Waals surface area contributed by atoms with E-state index in [1.165, 1.54) is 44.4 Å². The number of unbranched alkanes of at least 4 members (excludes halogenated alkanes) is 8. The molecule has 0 unspecified atom stereocenters. The molecule has 226 valence electrons. The maximum absolute atomic E-state index is 14.1. The highest BCUT2D eigenvalue weighted by molar-refractivity contribution is 5.96. The molecule has 1 saturated heterocycles. The Balaban J connectivity index is 1.45. The third-order valence-corrected chi connectivity index (χ3v) is 8.20. The zero-order valence-electron chi connectivity index (χ0n) is 24.6. The molecule has 2 aromatic heterocycles. The van der Waals surface area contributed by atoms with Crippen LogP contribution in [0.1, 0.15) is 70.6 Å². The number of piperidine rings is 1. The molecule has 1 aromatic carbocycles. The van der Waals surface area contributed by atoms with E-state index in [0.29, 0.717) is 18.8 Å². The van der Waals surface area contributed by atoms with Gasteiger partial charge in [-0.2, -0.15) is 0 Å². The Bertz CT molecular complexity index is 1370. The maximum Gasteiger partial charge on any atom is 0.323 e. The Morgan fingerprint density at radius 3 is 2.40 bits per heavy atom. The van der Waals surface area contributed by atoms with Gasteiger partial charge in [0, 0.05) is 48.9 Å². The van der Waals surface area contributed by atoms with Gasteiger partial charge in [0.25, 0.3) is 5.56 Å². The summed E-state index contributed by atoms with van der Waals surface area (Å²) < 4.78 is 1.16. The van der Waals surface area contributed by atoms with E-state index < -0.39 is 18.1 Å². The van der Waals surface area contributed by atoms with Crippen LogP contribution in [-0.2, 0) is 16.1 Å². The Labute approximate surface area is 248 Å². The monoisotopic (exact) mass is 575 g/mol. The molecule has 9 nitrogen and oxygen atoms in total. The number of nitrogens with zero attached hydrogens (tertiary/aromatic N) is 4. The van der Waals surface area contributed by atoms with Crippen LogP contribution in [0.2, 0.25) is 0 Å². The molecule has 3 heterocycles. The molecule has 0 saturated carbocycles. The number of hydrogen-bond donors (Lipinski definition) is 2. The van der Waals surface area contributed by atoms with Crippen LogP contribution in [0.15, 0.2) is 59.8 Å². The second-order valence-corrected chi connectivity index (χ2v) is 11.4. The van der Waals surface area contributed by atoms with Crippen molar-refractivity contribution in [2.24, 2.45) is 11.7 Å². The Morgan fingerprint density at radius 2 is 1.67 bits per heavy atom. The van der Waals surface area contributed by atoms with Gasteiger partial charge in [-0.1, -0.05) is 69.2 Å². The van der Waals surface area contributed by atoms with Crippen molar-refractivity contribution < 1.29 is 14.7 Å². The number of carbonyl (C=O) groups excluding carboxylic acids is 1. The van der Waals surface area contributed by atoms with Crippen LogP contribution in [0, 0.1) is 5.92 Å². The number of carboxylic acid groups (broad SMARTS) is 1. The van der Waals surface area contributed by atoms with Gasteiger partial charge < -0.3 is 25.2 Å². The number of benzene rings is 1. The summed E-state index contributed by atoms with van der Waals surface area (Å²) >= 11 is 0. The first-order valence-corrected chi connectivity index (χ1v) is 15.5. The molecule has 0 bridgehead atoms. The van der Waals surface area contributed by atoms with Crippen LogP contribution in [0.4, 0.5) is 11.4 Å². The van der Waals surface area contributed by atoms with E-state index in [1.54, 1.807) is 11.0 Å². The minimum Gasteiger partial charge on any atom is -0.480 e. The molecule has 4 rings (SSSR count). The zero-order valence-corrected chi connectivity index (χ0v) is 24.6. The summed E-state index contributed by atoms with van der Waals surface area (Å²) in [4.78, 5) is 46.3. The molecule has 0 radical (unpaired) electrons. The van der Waals surface area contributed by atoms with Crippen LogP contribution in [0.5, 0.6) is 0 Å². The first-order chi connectivity index (χ1) is 20.5. The van der Waals surface area contributed by atoms with Gasteiger partial charge in [0.2, 0.25) is 5.91 Å². The van der Waals surface area contributed by atoms with E-state index in [2.05, 4.69) is 16.0 Å². The van der Waals surface area contributed by atoms with E-state index in [0.717, 1.165) is 72.6 Å². The highest BCUT2D eigenvalue weighted by Gasteiger charge is 2.31. The van der Waals surface area contributed by atoms with E-state index >= 15 is 0 Å². The lowest BCUT2D eigenvalue weighted by Crippen LogP contribution is -2.45. The van der Waals surface area contributed by atoms with Crippen molar-refractivity contribution in [2.45, 2.75) is 77.2 Å². The topological polar surface area (TPSA) is 122 Å². The summed E-state index contributed by atoms with van der Waals surface area (Å²) in [7, 11) is 0. The lowest BCUT2D eigenvalue weighted by molar-refractivity contribution is -0.137. The van der Waals surface area contributed by atoms with Gasteiger partial charge >= 0.3 is 5.97 Å². The first-order valence-electron chi connectivity index (χ1n) is 15.5. The standard InChI is InChI=1S/C33H45N5O4/c34-18-10-6-4-2-1-3-5-7-11-20-38(28-16-17-31(39)37(24-28)25-32(40)41)33(42)27-14-12-19-36(23-27)30-22-35-21-26-13-8-9-15-29(26)30/h8-9,13,15-17,21-22,24,27H,1-7,10-12,14,18-20,23,25,34H2,(H,40,41)/t27-/m0/s1. The van der Waals surface area contributed by atoms with Crippen molar-refractivity contribution in [3.05, 3.63) is 65.3 Å². The number of carboxylic acids is 1. The van der Waals surface area contributed by atoms with Gasteiger partial charge in [-0.15, -0.1) is 0 Å². The van der Waals surface area contributed by atoms with Crippen LogP contribution < -0.4 is 21.1 Å². The third-order valence-electron chi connectivity index (χ3n) is 8.20. The minimum absolute atomic E-state index is 0.0216. The molecule has 3 N–H and O–H groups in total. The zero-order chi connectivity index (χ0) is 29.7. The fourth-order valence-corrected chi connectivity index (χ4v) is 5.94. The number of fused-ring (bicyclic) bond motifs is 1. The predicted molar refractivity (Wildman–Crippen MR) is 168 cm³/mol. The molecule has 1 aliphatic rings. The fourth-order valence-electron chi connectivity index (χ4n) is 5.94. The van der Waals surface area contributed by atoms with Crippen molar-refractivity contribution >= 4 is 34.0 Å². The van der Waals surface area contributed by atoms with E-state index in [-0.39, 0.29) is 11.8 Å². The highest BCUT2D eigenvalue weighted by atomic mass is 16.4. The molecule has 0 spiro atoms. The average molecular weight is 576 g/mol. The minimum atomic E-state index is -1.10. The fraction of sp³-hybridized carbons (Fsp3) is 0.515. The molecule has 1 amide bonds. The Morgan fingerprint density at radius 1 is 0.952 bits per heavy atom. The van der Waals surface area contributed by atoms with Gasteiger partial charge in [0.15, 0.2) is 0 Å². The molecule has 0 aliphatic carbocycles. The third kappa shape index (κ3) is 8.64. The number of amides is 1. The summed E-state index contributed by atoms with van der Waals surface area (Å²) in [5, 5.41) is 11.5. The summed E-state index contributed by atoms with van der Waals surface area (Å²) in [6.45, 7) is 2.31. The maximum atomic E-state index is 14.1. The molecule has 3 aromatic rings. The van der Waals surface area contributed by atoms with Crippen molar-refractivity contribution in [1.29, 1.82) is 0 Å². The van der Waals surface area contributed by atoms with E-state index in [4.69, 9.17) is 5.73 Å². The molecule has 42 heavy (non-hydrogen) atoms. The molecule has 1 aliphatic heterocycles. The van der Waals surface area contributed by atoms with Crippen LogP contribution in [0.25, 0.3) is 10.8 Å². The second-order valence-electron chi connectivity index (χ2n) is 11.4. The van der Waals surface area contributed by atoms with Crippen molar-refractivity contribution in [3.63, 3.8) is 0 Å². The lowest BCUT2D eigenvalue weighted by Gasteiger charge is -2.36. The number of rotatable bonds is 16. The van der Waals surface area contributed by atoms with Crippen LogP contribution in [0.3, 0.4) is 0 Å². The van der Waals surface area contributed by atoms with Crippen molar-refractivity contribution in [1.82, 2.24) is 9.55 Å². The Hall–Kier alpha value is -3.72. The van der Waals surface area contributed by atoms with Gasteiger partial charge in [0.1, 0.15) is 6.54 Å². The second kappa shape index (κ2) is 16.1. The van der Waals surface area contributed by atoms with Gasteiger partial charge in [-0.05, 0) is 38.3 Å². The Kier molecular flexibility index (Phi) is 11.9. The number of aliphatic carboxylic acids is 1. The van der Waals surface area contributed by atoms with Gasteiger partial charge in [0.05, 0.1) is 23.5 Å². The normalized spacial score (nSPS) is 15.2. The summed E-state index contributed by atoms with van der Waals surface area (Å²) in [5.74, 6) is -1.29. The molecular formula is C33H45N5O4. The summed E-state index contributed by atoms with van der Waals surface area (Å²) in [6, 6.07) is 11.2. The van der Waals surface area contributed by atoms with Crippen molar-refractivity contribution in [2.75, 3.05) is 36.0 Å². The smallest absolute Gasteiger partial charge is 0.323 e. The van der Waals surface area contributed by atoms with Crippen LogP contribution >= 0.6 is 0 Å². The number of aromatic nitrogens is 2. The molecular weight excluding hydrogens is 530 g/mol. The lowest BCUT2D eigenvalue weighted by atomic mass is 9.95. The molecule has 9 heteroatoms. The largest absolute Gasteiger partial charge is 0.480 e. The average Bonchev–Trinajstić information content (AvgIpc) is 3.00. The number of anilines is 2. The number of nitrogens with two attached hydrogens (primary N) is 1. The summed E-state index contributed by atoms with van der Waals surface area (Å²) in [5.41, 5.74) is 6.79. The number of pyridine rings is 2. The SMILES string of the molecule is NCCCCCCCCCCCN(C(=O)[C@H]1CCCN(c2cncc3ccccc23)C1)c1ccc(=O)n(CC(=O)O)c1. The van der Waals surface area contributed by atoms with E-state index in [1.807, 2.05) is 30.6 Å². The molecule has 1 atom stereocenters. The summed E-state index contributed by atoms with van der Waals surface area (Å²) in [6.07, 6.45) is 17.1. The number of carbonyl (C=O) groups is 2. The van der Waals surface area contributed by atoms with E-state index in [9.17, 15) is 19.5 Å². The van der Waals surface area contributed by atoms with Gasteiger partial charge in [-0.25, -0.2) is 0 Å². The van der Waals surface area contributed by atoms with Crippen molar-refractivity contribution in [3.8, 4) is 0 Å². The van der Waals surface area contributed by atoms with Crippen LogP contribution in [-0.4, -0.2) is 52.7 Å².